The van der Waals surface area contributed by atoms with Crippen LogP contribution in [0, 0.1) is 12.8 Å². The summed E-state index contributed by atoms with van der Waals surface area (Å²) in [5.74, 6) is -0.000606. The van der Waals surface area contributed by atoms with Crippen molar-refractivity contribution < 1.29 is 14.3 Å². The Morgan fingerprint density at radius 1 is 1.25 bits per heavy atom. The van der Waals surface area contributed by atoms with E-state index in [0.717, 1.165) is 23.2 Å². The Kier molecular flexibility index (Phi) is 7.82. The highest BCUT2D eigenvalue weighted by molar-refractivity contribution is 5.95. The minimum absolute atomic E-state index is 0.177. The zero-order chi connectivity index (χ0) is 23.1. The molecule has 0 unspecified atom stereocenters. The van der Waals surface area contributed by atoms with E-state index in [9.17, 15) is 9.59 Å². The third-order valence-corrected chi connectivity index (χ3v) is 5.49. The third-order valence-electron chi connectivity index (χ3n) is 5.49. The molecule has 6 heteroatoms. The molecule has 1 aromatic heterocycles. The molecule has 1 fully saturated rings. The molecule has 0 bridgehead atoms. The number of aryl methyl sites for hydroxylation is 1. The molecule has 1 aromatic carbocycles. The van der Waals surface area contributed by atoms with Gasteiger partial charge in [-0.1, -0.05) is 43.3 Å². The zero-order valence-corrected chi connectivity index (χ0v) is 18.8. The number of nitrogens with zero attached hydrogens (tertiary/aromatic N) is 1. The summed E-state index contributed by atoms with van der Waals surface area (Å²) in [6, 6.07) is 11.3. The molecule has 2 N–H and O–H groups in total. The van der Waals surface area contributed by atoms with Crippen LogP contribution < -0.4 is 10.6 Å². The zero-order valence-electron chi connectivity index (χ0n) is 18.8. The number of carbonyl (C=O) groups is 2. The van der Waals surface area contributed by atoms with Crippen molar-refractivity contribution in [2.45, 2.75) is 45.3 Å². The summed E-state index contributed by atoms with van der Waals surface area (Å²) in [5.41, 5.74) is 3.47. The lowest BCUT2D eigenvalue weighted by Gasteiger charge is -2.24. The molecule has 168 valence electrons. The maximum Gasteiger partial charge on any atom is 0.309 e. The average molecular weight is 434 g/mol. The van der Waals surface area contributed by atoms with Crippen LogP contribution in [0.2, 0.25) is 0 Å². The van der Waals surface area contributed by atoms with Crippen molar-refractivity contribution in [2.75, 3.05) is 11.9 Å². The van der Waals surface area contributed by atoms with Crippen molar-refractivity contribution in [2.24, 2.45) is 5.92 Å². The number of ether oxygens (including phenoxy) is 1. The highest BCUT2D eigenvalue weighted by Gasteiger charge is 2.37. The molecule has 2 heterocycles. The molecule has 32 heavy (non-hydrogen) atoms. The number of esters is 1. The third kappa shape index (κ3) is 6.06. The predicted octanol–water partition coefficient (Wildman–Crippen LogP) is 4.01. The second-order valence-corrected chi connectivity index (χ2v) is 8.26. The Morgan fingerprint density at radius 3 is 2.72 bits per heavy atom. The van der Waals surface area contributed by atoms with Gasteiger partial charge >= 0.3 is 5.97 Å². The second-order valence-electron chi connectivity index (χ2n) is 8.26. The highest BCUT2D eigenvalue weighted by Crippen LogP contribution is 2.25. The van der Waals surface area contributed by atoms with Crippen LogP contribution in [0.4, 0.5) is 5.82 Å². The predicted molar refractivity (Wildman–Crippen MR) is 127 cm³/mol. The van der Waals surface area contributed by atoms with Crippen LogP contribution in [0.5, 0.6) is 0 Å². The first-order chi connectivity index (χ1) is 15.4. The molecule has 1 amide bonds. The number of hydrogen-bond donors (Lipinski definition) is 2. The molecule has 0 spiro atoms. The second kappa shape index (κ2) is 10.8. The highest BCUT2D eigenvalue weighted by atomic mass is 16.6. The number of hydrogen-bond acceptors (Lipinski definition) is 5. The Labute approximate surface area is 189 Å². The maximum atomic E-state index is 13.2. The number of anilines is 1. The Morgan fingerprint density at radius 2 is 2.03 bits per heavy atom. The SMILES string of the molecule is C=CCNc1cc(C(=O)N[C@@H](Cc2cccc(CC=C)c2)[C@@H]2C[C@@H](C)C(=O)O2)cc(C)n1. The van der Waals surface area contributed by atoms with E-state index in [1.54, 1.807) is 18.2 Å². The number of rotatable bonds is 10. The van der Waals surface area contributed by atoms with Crippen LogP contribution in [0.3, 0.4) is 0 Å². The van der Waals surface area contributed by atoms with Crippen LogP contribution in [-0.2, 0) is 22.4 Å². The van der Waals surface area contributed by atoms with E-state index >= 15 is 0 Å². The Hall–Kier alpha value is -3.41. The van der Waals surface area contributed by atoms with Gasteiger partial charge in [0.05, 0.1) is 12.0 Å². The molecule has 1 aliphatic heterocycles. The first-order valence-corrected chi connectivity index (χ1v) is 10.9. The summed E-state index contributed by atoms with van der Waals surface area (Å²) in [6.45, 7) is 11.7. The normalized spacial score (nSPS) is 18.5. The molecule has 1 saturated heterocycles. The van der Waals surface area contributed by atoms with E-state index in [1.807, 2.05) is 38.1 Å². The van der Waals surface area contributed by atoms with Gasteiger partial charge in [0.1, 0.15) is 11.9 Å². The molecule has 0 saturated carbocycles. The first kappa shape index (κ1) is 23.3. The molecule has 1 aliphatic rings. The minimum atomic E-state index is -0.370. The van der Waals surface area contributed by atoms with E-state index in [4.69, 9.17) is 4.74 Å². The van der Waals surface area contributed by atoms with Gasteiger partial charge in [-0.2, -0.15) is 0 Å². The average Bonchev–Trinajstić information content (AvgIpc) is 3.10. The fraction of sp³-hybridized carbons (Fsp3) is 0.346. The van der Waals surface area contributed by atoms with E-state index in [0.29, 0.717) is 30.8 Å². The van der Waals surface area contributed by atoms with Gasteiger partial charge in [0, 0.05) is 17.8 Å². The van der Waals surface area contributed by atoms with Gasteiger partial charge in [-0.05, 0) is 49.4 Å². The summed E-state index contributed by atoms with van der Waals surface area (Å²) >= 11 is 0. The fourth-order valence-corrected chi connectivity index (χ4v) is 3.90. The van der Waals surface area contributed by atoms with Crippen LogP contribution in [0.15, 0.2) is 61.7 Å². The Bertz CT molecular complexity index is 1000. The van der Waals surface area contributed by atoms with Crippen LogP contribution >= 0.6 is 0 Å². The molecule has 3 atom stereocenters. The molecule has 2 aromatic rings. The summed E-state index contributed by atoms with van der Waals surface area (Å²) in [6.07, 6.45) is 5.14. The summed E-state index contributed by atoms with van der Waals surface area (Å²) in [5, 5.41) is 6.24. The van der Waals surface area contributed by atoms with Crippen molar-refractivity contribution in [1.82, 2.24) is 10.3 Å². The molecule has 3 rings (SSSR count). The van der Waals surface area contributed by atoms with Gasteiger partial charge in [0.15, 0.2) is 0 Å². The number of aromatic nitrogens is 1. The number of amides is 1. The molecule has 0 radical (unpaired) electrons. The summed E-state index contributed by atoms with van der Waals surface area (Å²) in [7, 11) is 0. The molecule has 6 nitrogen and oxygen atoms in total. The maximum absolute atomic E-state index is 13.2. The lowest BCUT2D eigenvalue weighted by molar-refractivity contribution is -0.144. The van der Waals surface area contributed by atoms with Gasteiger partial charge in [0.2, 0.25) is 0 Å². The van der Waals surface area contributed by atoms with Crippen molar-refractivity contribution >= 4 is 17.7 Å². The number of allylic oxidation sites excluding steroid dienone is 1. The van der Waals surface area contributed by atoms with E-state index < -0.39 is 0 Å². The molecule has 0 aliphatic carbocycles. The van der Waals surface area contributed by atoms with Crippen LogP contribution in [0.1, 0.15) is 40.5 Å². The van der Waals surface area contributed by atoms with Gasteiger partial charge in [0.25, 0.3) is 5.91 Å². The van der Waals surface area contributed by atoms with E-state index in [2.05, 4.69) is 34.8 Å². The quantitative estimate of drug-likeness (QED) is 0.437. The Balaban J connectivity index is 1.82. The monoisotopic (exact) mass is 433 g/mol. The van der Waals surface area contributed by atoms with Crippen molar-refractivity contribution in [3.05, 3.63) is 84.1 Å². The number of carbonyl (C=O) groups excluding carboxylic acids is 2. The van der Waals surface area contributed by atoms with Crippen molar-refractivity contribution in [3.8, 4) is 0 Å². The van der Waals surface area contributed by atoms with Gasteiger partial charge in [-0.15, -0.1) is 13.2 Å². The summed E-state index contributed by atoms with van der Waals surface area (Å²) < 4.78 is 5.62. The van der Waals surface area contributed by atoms with Crippen molar-refractivity contribution in [1.29, 1.82) is 0 Å². The fourth-order valence-electron chi connectivity index (χ4n) is 3.90. The van der Waals surface area contributed by atoms with Gasteiger partial charge < -0.3 is 15.4 Å². The largest absolute Gasteiger partial charge is 0.460 e. The minimum Gasteiger partial charge on any atom is -0.460 e. The molecular formula is C26H31N3O3. The van der Waals surface area contributed by atoms with E-state index in [1.165, 1.54) is 0 Å². The van der Waals surface area contributed by atoms with Gasteiger partial charge in [-0.3, -0.25) is 9.59 Å². The first-order valence-electron chi connectivity index (χ1n) is 10.9. The number of nitrogens with one attached hydrogen (secondary N) is 2. The molecular weight excluding hydrogens is 402 g/mol. The van der Waals surface area contributed by atoms with Gasteiger partial charge in [-0.25, -0.2) is 4.98 Å². The summed E-state index contributed by atoms with van der Waals surface area (Å²) in [4.78, 5) is 29.6. The standard InChI is InChI=1S/C26H31N3O3/c1-5-8-19-9-7-10-20(14-19)15-22(23-12-17(3)26(31)32-23)29-25(30)21-13-18(4)28-24(16-21)27-11-6-2/h5-7,9-10,13-14,16-17,22-23H,1-2,8,11-12,15H2,3-4H3,(H,27,28)(H,29,30)/t17-,22+,23+/m1/s1. The van der Waals surface area contributed by atoms with E-state index in [-0.39, 0.29) is 29.9 Å². The van der Waals surface area contributed by atoms with Crippen LogP contribution in [-0.4, -0.2) is 35.6 Å². The number of pyridine rings is 1. The lowest BCUT2D eigenvalue weighted by Crippen LogP contribution is -2.45. The topological polar surface area (TPSA) is 80.3 Å². The number of cyclic esters (lactones) is 1. The lowest BCUT2D eigenvalue weighted by atomic mass is 9.95. The van der Waals surface area contributed by atoms with Crippen LogP contribution in [0.25, 0.3) is 0 Å². The smallest absolute Gasteiger partial charge is 0.309 e. The van der Waals surface area contributed by atoms with Crippen molar-refractivity contribution in [3.63, 3.8) is 0 Å². The number of benzene rings is 1.